The topological polar surface area (TPSA) is 100 Å². The highest BCUT2D eigenvalue weighted by atomic mass is 16.4. The molecule has 120 valence electrons. The van der Waals surface area contributed by atoms with Crippen LogP contribution in [-0.4, -0.2) is 44.6 Å². The maximum Gasteiger partial charge on any atom is 0.323 e. The number of carbonyl (C=O) groups excluding carboxylic acids is 1. The smallest absolute Gasteiger partial charge is 0.323 e. The van der Waals surface area contributed by atoms with Crippen LogP contribution in [0.4, 0.5) is 11.6 Å². The minimum atomic E-state index is -0.968. The van der Waals surface area contributed by atoms with Crippen molar-refractivity contribution >= 4 is 23.5 Å². The molecule has 1 amide bonds. The minimum absolute atomic E-state index is 0.197. The summed E-state index contributed by atoms with van der Waals surface area (Å²) in [5, 5.41) is 11.4. The Morgan fingerprint density at radius 1 is 1.26 bits per heavy atom. The molecule has 0 radical (unpaired) electrons. The zero-order valence-electron chi connectivity index (χ0n) is 12.5. The molecule has 1 saturated heterocycles. The van der Waals surface area contributed by atoms with Crippen LogP contribution in [0.25, 0.3) is 0 Å². The molecule has 0 saturated carbocycles. The molecule has 1 aliphatic heterocycles. The zero-order chi connectivity index (χ0) is 16.2. The number of carboxylic acid groups (broad SMARTS) is 1. The summed E-state index contributed by atoms with van der Waals surface area (Å²) in [7, 11) is 0. The number of aromatic nitrogens is 3. The standard InChI is InChI=1S/C15H17N5O3/c21-14(22)9-19-8-12(17-10-19)18-15(23)11-3-4-16-13(7-11)20-5-1-2-6-20/h3-4,7-8,10H,1-2,5-6,9H2,(H,18,23)(H,21,22). The molecule has 2 N–H and O–H groups in total. The Morgan fingerprint density at radius 2 is 2.04 bits per heavy atom. The van der Waals surface area contributed by atoms with Crippen molar-refractivity contribution in [2.75, 3.05) is 23.3 Å². The summed E-state index contributed by atoms with van der Waals surface area (Å²) in [4.78, 5) is 33.4. The number of amides is 1. The predicted octanol–water partition coefficient (Wildman–Crippen LogP) is 1.22. The minimum Gasteiger partial charge on any atom is -0.480 e. The highest BCUT2D eigenvalue weighted by molar-refractivity contribution is 6.04. The molecule has 0 unspecified atom stereocenters. The van der Waals surface area contributed by atoms with E-state index in [1.807, 2.05) is 0 Å². The Balaban J connectivity index is 1.69. The van der Waals surface area contributed by atoms with Gasteiger partial charge in [-0.2, -0.15) is 0 Å². The Bertz CT molecular complexity index is 721. The highest BCUT2D eigenvalue weighted by Crippen LogP contribution is 2.19. The molecule has 0 bridgehead atoms. The van der Waals surface area contributed by atoms with E-state index in [2.05, 4.69) is 20.2 Å². The van der Waals surface area contributed by atoms with Crippen LogP contribution in [0.2, 0.25) is 0 Å². The van der Waals surface area contributed by atoms with E-state index in [-0.39, 0.29) is 12.5 Å². The molecule has 3 rings (SSSR count). The molecule has 8 heteroatoms. The van der Waals surface area contributed by atoms with Gasteiger partial charge in [-0.15, -0.1) is 0 Å². The Morgan fingerprint density at radius 3 is 2.78 bits per heavy atom. The quantitative estimate of drug-likeness (QED) is 0.860. The van der Waals surface area contributed by atoms with Gasteiger partial charge in [0.05, 0.1) is 6.33 Å². The van der Waals surface area contributed by atoms with Crippen molar-refractivity contribution in [3.05, 3.63) is 36.4 Å². The third kappa shape index (κ3) is 3.65. The van der Waals surface area contributed by atoms with Crippen LogP contribution in [0.15, 0.2) is 30.9 Å². The SMILES string of the molecule is O=C(O)Cn1cnc(NC(=O)c2ccnc(N3CCCC3)c2)c1. The van der Waals surface area contributed by atoms with Gasteiger partial charge in [0.25, 0.3) is 5.91 Å². The summed E-state index contributed by atoms with van der Waals surface area (Å²) in [6.07, 6.45) is 6.74. The van der Waals surface area contributed by atoms with Gasteiger partial charge in [-0.05, 0) is 25.0 Å². The number of pyridine rings is 1. The average Bonchev–Trinajstić information content (AvgIpc) is 3.19. The van der Waals surface area contributed by atoms with Crippen molar-refractivity contribution < 1.29 is 14.7 Å². The zero-order valence-corrected chi connectivity index (χ0v) is 12.5. The first-order chi connectivity index (χ1) is 11.1. The number of imidazole rings is 1. The van der Waals surface area contributed by atoms with Gasteiger partial charge >= 0.3 is 5.97 Å². The Hall–Kier alpha value is -2.90. The fourth-order valence-electron chi connectivity index (χ4n) is 2.53. The molecule has 1 fully saturated rings. The maximum absolute atomic E-state index is 12.3. The second-order valence-electron chi connectivity index (χ2n) is 5.38. The monoisotopic (exact) mass is 315 g/mol. The van der Waals surface area contributed by atoms with E-state index in [1.165, 1.54) is 17.1 Å². The van der Waals surface area contributed by atoms with E-state index in [4.69, 9.17) is 5.11 Å². The summed E-state index contributed by atoms with van der Waals surface area (Å²) in [6, 6.07) is 3.40. The second kappa shape index (κ2) is 6.47. The van der Waals surface area contributed by atoms with E-state index >= 15 is 0 Å². The van der Waals surface area contributed by atoms with Gasteiger partial charge in [0.15, 0.2) is 5.82 Å². The largest absolute Gasteiger partial charge is 0.480 e. The van der Waals surface area contributed by atoms with Crippen LogP contribution in [0.5, 0.6) is 0 Å². The lowest BCUT2D eigenvalue weighted by molar-refractivity contribution is -0.137. The molecule has 0 spiro atoms. The lowest BCUT2D eigenvalue weighted by Gasteiger charge is -2.16. The third-order valence-corrected chi connectivity index (χ3v) is 3.63. The number of carbonyl (C=O) groups is 2. The van der Waals surface area contributed by atoms with E-state index < -0.39 is 5.97 Å². The molecular formula is C15H17N5O3. The summed E-state index contributed by atoms with van der Waals surface area (Å²) in [5.74, 6) is -0.152. The van der Waals surface area contributed by atoms with Crippen LogP contribution in [0, 0.1) is 0 Å². The predicted molar refractivity (Wildman–Crippen MR) is 83.5 cm³/mol. The van der Waals surface area contributed by atoms with Crippen molar-refractivity contribution in [3.63, 3.8) is 0 Å². The number of nitrogens with zero attached hydrogens (tertiary/aromatic N) is 4. The van der Waals surface area contributed by atoms with Gasteiger partial charge in [0.2, 0.25) is 0 Å². The summed E-state index contributed by atoms with van der Waals surface area (Å²) in [6.45, 7) is 1.71. The lowest BCUT2D eigenvalue weighted by Crippen LogP contribution is -2.20. The van der Waals surface area contributed by atoms with Crippen LogP contribution in [0.1, 0.15) is 23.2 Å². The van der Waals surface area contributed by atoms with E-state index in [1.54, 1.807) is 18.3 Å². The number of carboxylic acids is 1. The summed E-state index contributed by atoms with van der Waals surface area (Å²) < 4.78 is 1.39. The van der Waals surface area contributed by atoms with Gasteiger partial charge in [0, 0.05) is 31.0 Å². The maximum atomic E-state index is 12.3. The first kappa shape index (κ1) is 15.0. The van der Waals surface area contributed by atoms with Gasteiger partial charge in [-0.25, -0.2) is 9.97 Å². The molecule has 0 aromatic carbocycles. The van der Waals surface area contributed by atoms with Crippen molar-refractivity contribution in [1.82, 2.24) is 14.5 Å². The Labute approximate surface area is 132 Å². The van der Waals surface area contributed by atoms with Crippen LogP contribution in [-0.2, 0) is 11.3 Å². The molecule has 2 aromatic heterocycles. The summed E-state index contributed by atoms with van der Waals surface area (Å²) in [5.41, 5.74) is 0.495. The van der Waals surface area contributed by atoms with E-state index in [9.17, 15) is 9.59 Å². The first-order valence-corrected chi connectivity index (χ1v) is 7.38. The fourth-order valence-corrected chi connectivity index (χ4v) is 2.53. The Kier molecular flexibility index (Phi) is 4.22. The highest BCUT2D eigenvalue weighted by Gasteiger charge is 2.16. The van der Waals surface area contributed by atoms with Crippen LogP contribution in [0.3, 0.4) is 0 Å². The molecule has 23 heavy (non-hydrogen) atoms. The third-order valence-electron chi connectivity index (χ3n) is 3.63. The number of aliphatic carboxylic acids is 1. The molecular weight excluding hydrogens is 298 g/mol. The fraction of sp³-hybridized carbons (Fsp3) is 0.333. The second-order valence-corrected chi connectivity index (χ2v) is 5.38. The van der Waals surface area contributed by atoms with Crippen molar-refractivity contribution in [2.45, 2.75) is 19.4 Å². The number of nitrogens with one attached hydrogen (secondary N) is 1. The van der Waals surface area contributed by atoms with Gasteiger partial charge in [-0.1, -0.05) is 0 Å². The molecule has 0 atom stereocenters. The summed E-state index contributed by atoms with van der Waals surface area (Å²) >= 11 is 0. The molecule has 3 heterocycles. The average molecular weight is 315 g/mol. The number of hydrogen-bond donors (Lipinski definition) is 2. The van der Waals surface area contributed by atoms with Gasteiger partial charge in [-0.3, -0.25) is 9.59 Å². The van der Waals surface area contributed by atoms with Crippen molar-refractivity contribution in [3.8, 4) is 0 Å². The van der Waals surface area contributed by atoms with Crippen LogP contribution >= 0.6 is 0 Å². The van der Waals surface area contributed by atoms with Gasteiger partial charge < -0.3 is 19.9 Å². The molecule has 8 nitrogen and oxygen atoms in total. The lowest BCUT2D eigenvalue weighted by atomic mass is 10.2. The number of rotatable bonds is 5. The molecule has 2 aromatic rings. The van der Waals surface area contributed by atoms with Crippen molar-refractivity contribution in [2.24, 2.45) is 0 Å². The van der Waals surface area contributed by atoms with Crippen LogP contribution < -0.4 is 10.2 Å². The number of anilines is 2. The number of hydrogen-bond acceptors (Lipinski definition) is 5. The van der Waals surface area contributed by atoms with Crippen molar-refractivity contribution in [1.29, 1.82) is 0 Å². The van der Waals surface area contributed by atoms with E-state index in [0.717, 1.165) is 31.7 Å². The normalized spacial score (nSPS) is 14.0. The molecule has 0 aliphatic carbocycles. The molecule has 1 aliphatic rings. The van der Waals surface area contributed by atoms with Gasteiger partial charge in [0.1, 0.15) is 12.4 Å². The first-order valence-electron chi connectivity index (χ1n) is 7.38. The van der Waals surface area contributed by atoms with E-state index in [0.29, 0.717) is 11.4 Å².